The lowest BCUT2D eigenvalue weighted by Crippen LogP contribution is -2.45. The largest absolute Gasteiger partial charge is 0.394 e. The molecule has 0 unspecified atom stereocenters. The molecule has 0 radical (unpaired) electrons. The maximum Gasteiger partial charge on any atom is 0.290 e. The quantitative estimate of drug-likeness (QED) is 0.903. The van der Waals surface area contributed by atoms with E-state index in [4.69, 9.17) is 10.5 Å². The van der Waals surface area contributed by atoms with Gasteiger partial charge in [0, 0.05) is 13.1 Å². The highest BCUT2D eigenvalue weighted by Gasteiger charge is 2.26. The van der Waals surface area contributed by atoms with Gasteiger partial charge in [0.25, 0.3) is 5.56 Å². The average Bonchev–Trinajstić information content (AvgIpc) is 3.11. The van der Waals surface area contributed by atoms with Gasteiger partial charge in [-0.1, -0.05) is 6.07 Å². The number of aromatic nitrogens is 2. The number of ether oxygens (including phenoxy) is 1. The van der Waals surface area contributed by atoms with Gasteiger partial charge in [-0.3, -0.25) is 9.59 Å². The molecule has 1 aliphatic rings. The summed E-state index contributed by atoms with van der Waals surface area (Å²) in [5.74, 6) is -0.148. The maximum atomic E-state index is 12.6. The Morgan fingerprint density at radius 2 is 2.17 bits per heavy atom. The molecule has 0 spiro atoms. The lowest BCUT2D eigenvalue weighted by Gasteiger charge is -2.29. The number of thiophene rings is 1. The van der Waals surface area contributed by atoms with Crippen molar-refractivity contribution in [2.75, 3.05) is 32.0 Å². The summed E-state index contributed by atoms with van der Waals surface area (Å²) in [4.78, 5) is 27.5. The number of morpholine rings is 1. The Labute approximate surface area is 137 Å². The predicted octanol–water partition coefficient (Wildman–Crippen LogP) is 0.974. The molecular weight excluding hydrogens is 316 g/mol. The first-order valence-corrected chi connectivity index (χ1v) is 8.25. The molecule has 0 aliphatic carbocycles. The lowest BCUT2D eigenvalue weighted by molar-refractivity contribution is -0.138. The number of hydrogen-bond donors (Lipinski definition) is 1. The fourth-order valence-electron chi connectivity index (χ4n) is 2.49. The zero-order valence-electron chi connectivity index (χ0n) is 12.8. The van der Waals surface area contributed by atoms with Crippen molar-refractivity contribution in [3.05, 3.63) is 33.9 Å². The van der Waals surface area contributed by atoms with E-state index in [9.17, 15) is 9.59 Å². The molecule has 23 heavy (non-hydrogen) atoms. The molecule has 0 saturated carbocycles. The minimum absolute atomic E-state index is 0.0880. The molecule has 122 valence electrons. The summed E-state index contributed by atoms with van der Waals surface area (Å²) in [5, 5.41) is 6.27. The van der Waals surface area contributed by atoms with Crippen LogP contribution in [0.4, 0.5) is 5.69 Å². The number of hydrogen-bond acceptors (Lipinski definition) is 6. The van der Waals surface area contributed by atoms with E-state index in [0.717, 1.165) is 4.88 Å². The van der Waals surface area contributed by atoms with Gasteiger partial charge in [-0.25, -0.2) is 4.68 Å². The molecule has 3 heterocycles. The van der Waals surface area contributed by atoms with Gasteiger partial charge in [-0.15, -0.1) is 11.3 Å². The molecule has 2 aromatic heterocycles. The van der Waals surface area contributed by atoms with Gasteiger partial charge in [-0.05, 0) is 24.4 Å². The molecule has 1 amide bonds. The van der Waals surface area contributed by atoms with Crippen molar-refractivity contribution in [2.45, 2.75) is 13.0 Å². The third kappa shape index (κ3) is 3.13. The summed E-state index contributed by atoms with van der Waals surface area (Å²) < 4.78 is 6.43. The Morgan fingerprint density at radius 1 is 1.43 bits per heavy atom. The molecule has 3 rings (SSSR count). The summed E-state index contributed by atoms with van der Waals surface area (Å²) >= 11 is 1.50. The van der Waals surface area contributed by atoms with Gasteiger partial charge in [0.2, 0.25) is 5.91 Å². The van der Waals surface area contributed by atoms with E-state index in [-0.39, 0.29) is 11.6 Å². The number of nitrogens with two attached hydrogens (primary N) is 1. The van der Waals surface area contributed by atoms with E-state index in [1.165, 1.54) is 16.0 Å². The van der Waals surface area contributed by atoms with Crippen molar-refractivity contribution in [3.8, 4) is 10.6 Å². The molecule has 8 heteroatoms. The van der Waals surface area contributed by atoms with Crippen LogP contribution in [0, 0.1) is 0 Å². The van der Waals surface area contributed by atoms with Crippen LogP contribution in [-0.2, 0) is 9.53 Å². The van der Waals surface area contributed by atoms with Crippen molar-refractivity contribution in [1.82, 2.24) is 14.7 Å². The molecular formula is C15H18N4O3S. The highest BCUT2D eigenvalue weighted by atomic mass is 32.1. The second-order valence-electron chi connectivity index (χ2n) is 5.33. The summed E-state index contributed by atoms with van der Waals surface area (Å²) in [7, 11) is 0. The third-order valence-electron chi connectivity index (χ3n) is 3.78. The van der Waals surface area contributed by atoms with Crippen LogP contribution in [0.5, 0.6) is 0 Å². The topological polar surface area (TPSA) is 90.4 Å². The van der Waals surface area contributed by atoms with E-state index in [1.807, 2.05) is 17.5 Å². The molecule has 1 saturated heterocycles. The van der Waals surface area contributed by atoms with Gasteiger partial charge >= 0.3 is 0 Å². The number of carbonyl (C=O) groups excluding carboxylic acids is 1. The lowest BCUT2D eigenvalue weighted by atomic mass is 10.2. The zero-order chi connectivity index (χ0) is 16.4. The van der Waals surface area contributed by atoms with E-state index in [2.05, 4.69) is 5.10 Å². The number of amides is 1. The Balaban J connectivity index is 1.94. The van der Waals surface area contributed by atoms with E-state index < -0.39 is 11.6 Å². The van der Waals surface area contributed by atoms with Gasteiger partial charge < -0.3 is 15.4 Å². The molecule has 1 aliphatic heterocycles. The maximum absolute atomic E-state index is 12.6. The number of rotatable bonds is 3. The van der Waals surface area contributed by atoms with Crippen molar-refractivity contribution in [2.24, 2.45) is 0 Å². The fraction of sp³-hybridized carbons (Fsp3) is 0.400. The Bertz CT molecular complexity index is 751. The van der Waals surface area contributed by atoms with E-state index in [0.29, 0.717) is 32.0 Å². The Kier molecular flexibility index (Phi) is 4.44. The van der Waals surface area contributed by atoms with Crippen LogP contribution < -0.4 is 11.3 Å². The summed E-state index contributed by atoms with van der Waals surface area (Å²) in [6, 6.07) is 4.64. The van der Waals surface area contributed by atoms with Crippen LogP contribution in [0.2, 0.25) is 0 Å². The van der Waals surface area contributed by atoms with Crippen LogP contribution in [0.25, 0.3) is 10.6 Å². The molecule has 2 N–H and O–H groups in total. The van der Waals surface area contributed by atoms with Crippen molar-refractivity contribution in [1.29, 1.82) is 0 Å². The third-order valence-corrected chi connectivity index (χ3v) is 4.68. The first-order valence-electron chi connectivity index (χ1n) is 7.37. The summed E-state index contributed by atoms with van der Waals surface area (Å²) in [6.07, 6.45) is 0. The monoisotopic (exact) mass is 334 g/mol. The Hall–Kier alpha value is -2.19. The number of carbonyl (C=O) groups is 1. The van der Waals surface area contributed by atoms with Crippen LogP contribution in [0.1, 0.15) is 13.0 Å². The second-order valence-corrected chi connectivity index (χ2v) is 6.27. The van der Waals surface area contributed by atoms with Crippen molar-refractivity contribution in [3.63, 3.8) is 0 Å². The predicted molar refractivity (Wildman–Crippen MR) is 88.3 cm³/mol. The van der Waals surface area contributed by atoms with Gasteiger partial charge in [0.15, 0.2) is 0 Å². The van der Waals surface area contributed by atoms with Crippen molar-refractivity contribution < 1.29 is 9.53 Å². The van der Waals surface area contributed by atoms with Gasteiger partial charge in [0.1, 0.15) is 17.4 Å². The number of anilines is 1. The van der Waals surface area contributed by atoms with E-state index in [1.54, 1.807) is 17.9 Å². The minimum atomic E-state index is -0.706. The van der Waals surface area contributed by atoms with E-state index >= 15 is 0 Å². The highest BCUT2D eigenvalue weighted by Crippen LogP contribution is 2.23. The second kappa shape index (κ2) is 6.51. The first kappa shape index (κ1) is 15.7. The van der Waals surface area contributed by atoms with Crippen LogP contribution in [-0.4, -0.2) is 46.9 Å². The highest BCUT2D eigenvalue weighted by molar-refractivity contribution is 7.13. The van der Waals surface area contributed by atoms with Crippen LogP contribution >= 0.6 is 11.3 Å². The summed E-state index contributed by atoms with van der Waals surface area (Å²) in [5.41, 5.74) is 6.07. The smallest absolute Gasteiger partial charge is 0.290 e. The normalized spacial score (nSPS) is 16.3. The SMILES string of the molecule is C[C@H](C(=O)N1CCOCC1)n1nc(-c2cccs2)cc(N)c1=O. The van der Waals surface area contributed by atoms with Crippen molar-refractivity contribution >= 4 is 22.9 Å². The van der Waals surface area contributed by atoms with Crippen LogP contribution in [0.15, 0.2) is 28.4 Å². The molecule has 1 atom stereocenters. The van der Waals surface area contributed by atoms with Gasteiger partial charge in [0.05, 0.1) is 18.1 Å². The zero-order valence-corrected chi connectivity index (χ0v) is 13.6. The van der Waals surface area contributed by atoms with Gasteiger partial charge in [-0.2, -0.15) is 5.10 Å². The fourth-order valence-corrected chi connectivity index (χ4v) is 3.17. The summed E-state index contributed by atoms with van der Waals surface area (Å²) in [6.45, 7) is 3.75. The Morgan fingerprint density at radius 3 is 2.83 bits per heavy atom. The molecule has 0 aromatic carbocycles. The molecule has 7 nitrogen and oxygen atoms in total. The number of nitrogens with zero attached hydrogens (tertiary/aromatic N) is 3. The minimum Gasteiger partial charge on any atom is -0.394 e. The standard InChI is InChI=1S/C15H18N4O3S/c1-10(14(20)18-4-6-22-7-5-18)19-15(21)11(16)9-12(17-19)13-3-2-8-23-13/h2-3,8-10H,4-7,16H2,1H3/t10-/m1/s1. The van der Waals surface area contributed by atoms with Crippen LogP contribution in [0.3, 0.4) is 0 Å². The first-order chi connectivity index (χ1) is 11.1. The molecule has 2 aromatic rings. The number of nitrogen functional groups attached to an aromatic ring is 1. The average molecular weight is 334 g/mol. The molecule has 0 bridgehead atoms. The molecule has 1 fully saturated rings.